The highest BCUT2D eigenvalue weighted by atomic mass is 32.2. The van der Waals surface area contributed by atoms with E-state index in [0.717, 1.165) is 4.31 Å². The van der Waals surface area contributed by atoms with Gasteiger partial charge in [-0.25, -0.2) is 13.2 Å². The second kappa shape index (κ2) is 4.57. The van der Waals surface area contributed by atoms with Crippen molar-refractivity contribution in [3.05, 3.63) is 11.3 Å². The third-order valence-corrected chi connectivity index (χ3v) is 3.83. The van der Waals surface area contributed by atoms with E-state index in [1.54, 1.807) is 0 Å². The molecule has 7 nitrogen and oxygen atoms in total. The van der Waals surface area contributed by atoms with Crippen LogP contribution in [0.25, 0.3) is 0 Å². The zero-order chi connectivity index (χ0) is 13.2. The predicted molar refractivity (Wildman–Crippen MR) is 58.9 cm³/mol. The second-order valence-corrected chi connectivity index (χ2v) is 5.26. The number of hydrogen-bond donors (Lipinski definition) is 2. The van der Waals surface area contributed by atoms with Crippen molar-refractivity contribution in [2.75, 3.05) is 13.6 Å². The maximum atomic E-state index is 11.9. The number of hydrogen-bond acceptors (Lipinski definition) is 4. The van der Waals surface area contributed by atoms with Gasteiger partial charge in [0.05, 0.1) is 6.54 Å². The number of aromatic nitrogens is 2. The third kappa shape index (κ3) is 2.30. The lowest BCUT2D eigenvalue weighted by Crippen LogP contribution is -2.28. The number of carbonyl (C=O) groups is 1. The standard InChI is InChI=1S/C9H11N3O4S/c1-4-5-12(3)17(15,16)8-7(9(13)14)6(2)10-11-8/h1H,5H2,2-3H3,(H,10,11)(H,13,14). The van der Waals surface area contributed by atoms with E-state index in [1.807, 2.05) is 0 Å². The fraction of sp³-hybridized carbons (Fsp3) is 0.333. The summed E-state index contributed by atoms with van der Waals surface area (Å²) in [6.07, 6.45) is 5.01. The topological polar surface area (TPSA) is 103 Å². The van der Waals surface area contributed by atoms with Crippen molar-refractivity contribution >= 4 is 16.0 Å². The van der Waals surface area contributed by atoms with Crippen LogP contribution in [0, 0.1) is 19.3 Å². The summed E-state index contributed by atoms with van der Waals surface area (Å²) in [5.41, 5.74) is -0.195. The predicted octanol–water partition coefficient (Wildman–Crippen LogP) is -0.330. The minimum atomic E-state index is -3.99. The molecule has 0 fully saturated rings. The Hall–Kier alpha value is -1.85. The van der Waals surface area contributed by atoms with Crippen LogP contribution < -0.4 is 0 Å². The van der Waals surface area contributed by atoms with Gasteiger partial charge in [0.15, 0.2) is 0 Å². The maximum absolute atomic E-state index is 11.9. The number of sulfonamides is 1. The normalized spacial score (nSPS) is 11.4. The fourth-order valence-electron chi connectivity index (χ4n) is 1.21. The van der Waals surface area contributed by atoms with E-state index < -0.39 is 21.0 Å². The molecule has 1 heterocycles. The molecule has 8 heteroatoms. The molecular formula is C9H11N3O4S. The van der Waals surface area contributed by atoms with Crippen molar-refractivity contribution in [2.24, 2.45) is 0 Å². The molecule has 0 aliphatic heterocycles. The molecule has 0 atom stereocenters. The number of nitrogens with one attached hydrogen (secondary N) is 1. The molecule has 2 N–H and O–H groups in total. The monoisotopic (exact) mass is 257 g/mol. The number of rotatable bonds is 4. The largest absolute Gasteiger partial charge is 0.478 e. The number of aromatic carboxylic acids is 1. The number of aromatic amines is 1. The van der Waals surface area contributed by atoms with Crippen molar-refractivity contribution in [1.29, 1.82) is 0 Å². The zero-order valence-corrected chi connectivity index (χ0v) is 10.1. The van der Waals surface area contributed by atoms with Crippen LogP contribution in [0.15, 0.2) is 5.03 Å². The molecule has 0 unspecified atom stereocenters. The molecule has 0 saturated heterocycles. The van der Waals surface area contributed by atoms with Crippen molar-refractivity contribution in [3.8, 4) is 12.3 Å². The molecule has 0 bridgehead atoms. The molecule has 1 aromatic heterocycles. The van der Waals surface area contributed by atoms with E-state index in [9.17, 15) is 13.2 Å². The highest BCUT2D eigenvalue weighted by molar-refractivity contribution is 7.89. The van der Waals surface area contributed by atoms with E-state index in [1.165, 1.54) is 14.0 Å². The molecule has 0 amide bonds. The minimum absolute atomic E-state index is 0.159. The van der Waals surface area contributed by atoms with Gasteiger partial charge < -0.3 is 5.11 Å². The summed E-state index contributed by atoms with van der Waals surface area (Å²) in [5.74, 6) is 0.803. The number of carboxylic acids is 1. The number of aryl methyl sites for hydroxylation is 1. The molecule has 1 aromatic rings. The molecule has 92 valence electrons. The molecular weight excluding hydrogens is 246 g/mol. The quantitative estimate of drug-likeness (QED) is 0.719. The average Bonchev–Trinajstić information content (AvgIpc) is 2.61. The van der Waals surface area contributed by atoms with Crippen LogP contribution in [0.5, 0.6) is 0 Å². The molecule has 17 heavy (non-hydrogen) atoms. The lowest BCUT2D eigenvalue weighted by atomic mass is 10.3. The van der Waals surface area contributed by atoms with Crippen molar-refractivity contribution in [3.63, 3.8) is 0 Å². The van der Waals surface area contributed by atoms with Gasteiger partial charge in [-0.3, -0.25) is 5.10 Å². The summed E-state index contributed by atoms with van der Waals surface area (Å²) in [6, 6.07) is 0. The van der Waals surface area contributed by atoms with Gasteiger partial charge in [0.1, 0.15) is 5.56 Å². The zero-order valence-electron chi connectivity index (χ0n) is 9.26. The molecule has 0 aromatic carbocycles. The van der Waals surface area contributed by atoms with Gasteiger partial charge in [-0.1, -0.05) is 5.92 Å². The van der Waals surface area contributed by atoms with Crippen LogP contribution in [0.1, 0.15) is 16.1 Å². The summed E-state index contributed by atoms with van der Waals surface area (Å²) >= 11 is 0. The van der Waals surface area contributed by atoms with Gasteiger partial charge in [-0.2, -0.15) is 9.40 Å². The first-order valence-electron chi connectivity index (χ1n) is 4.50. The van der Waals surface area contributed by atoms with E-state index in [-0.39, 0.29) is 17.8 Å². The Balaban J connectivity index is 3.36. The van der Waals surface area contributed by atoms with Gasteiger partial charge >= 0.3 is 5.97 Å². The third-order valence-electron chi connectivity index (χ3n) is 2.10. The summed E-state index contributed by atoms with van der Waals surface area (Å²) in [5, 5.41) is 14.2. The second-order valence-electron chi connectivity index (χ2n) is 3.30. The van der Waals surface area contributed by atoms with Gasteiger partial charge in [-0.05, 0) is 6.92 Å². The van der Waals surface area contributed by atoms with Gasteiger partial charge in [0.25, 0.3) is 10.0 Å². The van der Waals surface area contributed by atoms with Gasteiger partial charge in [0, 0.05) is 12.7 Å². The van der Waals surface area contributed by atoms with E-state index >= 15 is 0 Å². The lowest BCUT2D eigenvalue weighted by molar-refractivity contribution is 0.0691. The fourth-order valence-corrected chi connectivity index (χ4v) is 2.41. The maximum Gasteiger partial charge on any atom is 0.340 e. The van der Waals surface area contributed by atoms with Gasteiger partial charge in [-0.15, -0.1) is 6.42 Å². The van der Waals surface area contributed by atoms with Crippen LogP contribution in [0.3, 0.4) is 0 Å². The van der Waals surface area contributed by atoms with Gasteiger partial charge in [0.2, 0.25) is 5.03 Å². The Morgan fingerprint density at radius 1 is 1.65 bits per heavy atom. The Morgan fingerprint density at radius 2 is 2.24 bits per heavy atom. The van der Waals surface area contributed by atoms with Crippen LogP contribution in [-0.4, -0.2) is 47.6 Å². The molecule has 0 spiro atoms. The first-order valence-corrected chi connectivity index (χ1v) is 5.94. The average molecular weight is 257 g/mol. The smallest absolute Gasteiger partial charge is 0.340 e. The summed E-state index contributed by atoms with van der Waals surface area (Å²) < 4.78 is 24.7. The SMILES string of the molecule is C#CCN(C)S(=O)(=O)c1n[nH]c(C)c1C(=O)O. The number of nitrogens with zero attached hydrogens (tertiary/aromatic N) is 2. The Bertz CT molecular complexity index is 582. The first-order chi connectivity index (χ1) is 7.82. The molecule has 0 aliphatic carbocycles. The Labute approximate surface area is 98.5 Å². The summed E-state index contributed by atoms with van der Waals surface area (Å²) in [4.78, 5) is 10.9. The van der Waals surface area contributed by atoms with E-state index in [2.05, 4.69) is 16.1 Å². The number of carboxylic acid groups (broad SMARTS) is 1. The van der Waals surface area contributed by atoms with Crippen LogP contribution in [0.2, 0.25) is 0 Å². The van der Waals surface area contributed by atoms with Crippen LogP contribution >= 0.6 is 0 Å². The highest BCUT2D eigenvalue weighted by Crippen LogP contribution is 2.19. The number of H-pyrrole nitrogens is 1. The van der Waals surface area contributed by atoms with Crippen molar-refractivity contribution in [2.45, 2.75) is 11.9 Å². The lowest BCUT2D eigenvalue weighted by Gasteiger charge is -2.12. The molecule has 1 rings (SSSR count). The van der Waals surface area contributed by atoms with Crippen LogP contribution in [0.4, 0.5) is 0 Å². The number of terminal acetylenes is 1. The van der Waals surface area contributed by atoms with E-state index in [0.29, 0.717) is 0 Å². The highest BCUT2D eigenvalue weighted by Gasteiger charge is 2.30. The Morgan fingerprint density at radius 3 is 2.71 bits per heavy atom. The van der Waals surface area contributed by atoms with Crippen LogP contribution in [-0.2, 0) is 10.0 Å². The molecule has 0 aliphatic rings. The van der Waals surface area contributed by atoms with Crippen molar-refractivity contribution in [1.82, 2.24) is 14.5 Å². The van der Waals surface area contributed by atoms with E-state index in [4.69, 9.17) is 11.5 Å². The van der Waals surface area contributed by atoms with Crippen molar-refractivity contribution < 1.29 is 18.3 Å². The summed E-state index contributed by atoms with van der Waals surface area (Å²) in [7, 11) is -2.73. The molecule has 0 radical (unpaired) electrons. The summed E-state index contributed by atoms with van der Waals surface area (Å²) in [6.45, 7) is 1.27. The molecule has 0 saturated carbocycles. The first kappa shape index (κ1) is 13.2. The minimum Gasteiger partial charge on any atom is -0.478 e. The Kier molecular flexibility index (Phi) is 3.55.